The molecule has 1 fully saturated rings. The van der Waals surface area contributed by atoms with Gasteiger partial charge in [0.15, 0.2) is 0 Å². The van der Waals surface area contributed by atoms with Crippen molar-refractivity contribution < 1.29 is 12.6 Å². The minimum atomic E-state index is -3.50. The van der Waals surface area contributed by atoms with Gasteiger partial charge in [-0.25, -0.2) is 0 Å². The van der Waals surface area contributed by atoms with Crippen LogP contribution in [-0.4, -0.2) is 36.7 Å². The fourth-order valence-electron chi connectivity index (χ4n) is 2.44. The van der Waals surface area contributed by atoms with Crippen molar-refractivity contribution in [3.63, 3.8) is 0 Å². The Balaban J connectivity index is 2.53. The van der Waals surface area contributed by atoms with E-state index in [1.165, 1.54) is 6.04 Å². The lowest BCUT2D eigenvalue weighted by atomic mass is 10.1. The molecule has 1 heterocycles. The van der Waals surface area contributed by atoms with E-state index in [0.29, 0.717) is 0 Å². The molecule has 0 aromatic rings. The van der Waals surface area contributed by atoms with Gasteiger partial charge in [0.25, 0.3) is 0 Å². The van der Waals surface area contributed by atoms with Crippen molar-refractivity contribution in [2.45, 2.75) is 82.8 Å². The first-order chi connectivity index (χ1) is 8.88. The lowest BCUT2D eigenvalue weighted by Gasteiger charge is -2.22. The third-order valence-corrected chi connectivity index (χ3v) is 8.35. The molecule has 120 valence electrons. The monoisotopic (exact) mass is 337 g/mol. The van der Waals surface area contributed by atoms with Gasteiger partial charge in [0.05, 0.1) is 12.1 Å². The molecule has 1 rings (SSSR count). The fourth-order valence-corrected chi connectivity index (χ4v) is 6.13. The first-order valence-electron chi connectivity index (χ1n) is 7.59. The molecule has 0 aromatic carbocycles. The van der Waals surface area contributed by atoms with Crippen LogP contribution in [0.15, 0.2) is 0 Å². The van der Waals surface area contributed by atoms with Crippen molar-refractivity contribution in [1.29, 1.82) is 0 Å². The summed E-state index contributed by atoms with van der Waals surface area (Å²) >= 11 is 0. The zero-order chi connectivity index (χ0) is 15.6. The summed E-state index contributed by atoms with van der Waals surface area (Å²) in [6, 6.07) is 2.34. The number of hydrogen-bond donors (Lipinski definition) is 1. The molecular formula is C13H31NO3SSi2. The second kappa shape index (κ2) is 6.60. The van der Waals surface area contributed by atoms with E-state index < -0.39 is 26.5 Å². The second-order valence-corrected chi connectivity index (χ2v) is 20.9. The van der Waals surface area contributed by atoms with Gasteiger partial charge in [0.1, 0.15) is 0 Å². The topological polar surface area (TPSA) is 55.4 Å². The van der Waals surface area contributed by atoms with Gasteiger partial charge in [0.2, 0.25) is 0 Å². The van der Waals surface area contributed by atoms with Crippen LogP contribution in [0.25, 0.3) is 0 Å². The third-order valence-electron chi connectivity index (χ3n) is 3.62. The van der Waals surface area contributed by atoms with Crippen molar-refractivity contribution in [3.8, 4) is 0 Å². The highest BCUT2D eigenvalue weighted by atomic mass is 32.2. The zero-order valence-corrected chi connectivity index (χ0v) is 16.6. The highest BCUT2D eigenvalue weighted by Crippen LogP contribution is 2.26. The molecule has 0 aromatic heterocycles. The quantitative estimate of drug-likeness (QED) is 0.724. The maximum Gasteiger partial charge on any atom is 0.336 e. The lowest BCUT2D eigenvalue weighted by Crippen LogP contribution is -2.34. The molecule has 0 saturated carbocycles. The number of rotatable bonds is 7. The molecule has 0 unspecified atom stereocenters. The van der Waals surface area contributed by atoms with Gasteiger partial charge in [-0.2, -0.15) is 13.1 Å². The first kappa shape index (κ1) is 18.4. The van der Waals surface area contributed by atoms with Gasteiger partial charge < -0.3 is 0 Å². The highest BCUT2D eigenvalue weighted by Gasteiger charge is 2.38. The molecule has 1 aliphatic rings. The van der Waals surface area contributed by atoms with Gasteiger partial charge in [0, 0.05) is 16.1 Å². The SMILES string of the molecule is C[Si](C)(C)CCC[C@H]1OS(=O)(=O)N[C@H]1CC[Si](C)(C)C. The van der Waals surface area contributed by atoms with Crippen molar-refractivity contribution >= 4 is 26.5 Å². The smallest absolute Gasteiger partial charge is 0.253 e. The largest absolute Gasteiger partial charge is 0.336 e. The van der Waals surface area contributed by atoms with E-state index in [4.69, 9.17) is 4.18 Å². The molecule has 0 radical (unpaired) electrons. The summed E-state index contributed by atoms with van der Waals surface area (Å²) in [7, 11) is -5.70. The maximum absolute atomic E-state index is 11.6. The van der Waals surface area contributed by atoms with Crippen LogP contribution in [0.3, 0.4) is 0 Å². The second-order valence-electron chi connectivity index (χ2n) is 8.37. The van der Waals surface area contributed by atoms with E-state index >= 15 is 0 Å². The molecule has 4 nitrogen and oxygen atoms in total. The van der Waals surface area contributed by atoms with Crippen LogP contribution in [-0.2, 0) is 14.5 Å². The van der Waals surface area contributed by atoms with Crippen LogP contribution >= 0.6 is 0 Å². The Hall–Kier alpha value is 0.304. The summed E-state index contributed by atoms with van der Waals surface area (Å²) in [6.45, 7) is 14.0. The summed E-state index contributed by atoms with van der Waals surface area (Å²) in [5.41, 5.74) is 0. The minimum absolute atomic E-state index is 0.0200. The van der Waals surface area contributed by atoms with Crippen LogP contribution in [0, 0.1) is 0 Å². The van der Waals surface area contributed by atoms with Crippen molar-refractivity contribution in [2.75, 3.05) is 0 Å². The molecule has 20 heavy (non-hydrogen) atoms. The van der Waals surface area contributed by atoms with E-state index in [1.54, 1.807) is 0 Å². The third kappa shape index (κ3) is 7.35. The molecule has 0 aliphatic carbocycles. The number of nitrogens with one attached hydrogen (secondary N) is 1. The molecule has 0 spiro atoms. The molecular weight excluding hydrogens is 306 g/mol. The Morgan fingerprint density at radius 2 is 1.50 bits per heavy atom. The van der Waals surface area contributed by atoms with Crippen LogP contribution in [0.4, 0.5) is 0 Å². The Morgan fingerprint density at radius 1 is 0.950 bits per heavy atom. The Labute approximate surface area is 127 Å². The number of hydrogen-bond acceptors (Lipinski definition) is 3. The molecule has 1 saturated heterocycles. The molecule has 2 atom stereocenters. The lowest BCUT2D eigenvalue weighted by molar-refractivity contribution is 0.199. The van der Waals surface area contributed by atoms with Gasteiger partial charge in [-0.1, -0.05) is 57.8 Å². The van der Waals surface area contributed by atoms with Gasteiger partial charge in [-0.05, 0) is 12.8 Å². The Kier molecular flexibility index (Phi) is 6.06. The fraction of sp³-hybridized carbons (Fsp3) is 1.00. The predicted molar refractivity (Wildman–Crippen MR) is 90.9 cm³/mol. The van der Waals surface area contributed by atoms with E-state index in [-0.39, 0.29) is 12.1 Å². The molecule has 0 amide bonds. The normalized spacial score (nSPS) is 26.9. The zero-order valence-electron chi connectivity index (χ0n) is 13.8. The Bertz CT molecular complexity index is 412. The predicted octanol–water partition coefficient (Wildman–Crippen LogP) is 3.43. The molecule has 1 N–H and O–H groups in total. The summed E-state index contributed by atoms with van der Waals surface area (Å²) in [5, 5.41) is 0. The first-order valence-corrected chi connectivity index (χ1v) is 16.4. The Morgan fingerprint density at radius 3 is 2.00 bits per heavy atom. The maximum atomic E-state index is 11.6. The van der Waals surface area contributed by atoms with E-state index in [1.807, 2.05) is 0 Å². The minimum Gasteiger partial charge on any atom is -0.253 e. The summed E-state index contributed by atoms with van der Waals surface area (Å²) < 4.78 is 31.2. The molecule has 0 bridgehead atoms. The van der Waals surface area contributed by atoms with E-state index in [2.05, 4.69) is 44.0 Å². The standard InChI is InChI=1S/C13H31NO3SSi2/c1-19(2,3)10-7-8-13-12(9-11-20(4,5)6)14-18(15,16)17-13/h12-14H,7-11H2,1-6H3/t12-,13+/m0/s1. The van der Waals surface area contributed by atoms with Gasteiger partial charge >= 0.3 is 10.3 Å². The van der Waals surface area contributed by atoms with Crippen LogP contribution in [0.5, 0.6) is 0 Å². The molecule has 1 aliphatic heterocycles. The van der Waals surface area contributed by atoms with Crippen molar-refractivity contribution in [3.05, 3.63) is 0 Å². The average molecular weight is 338 g/mol. The summed E-state index contributed by atoms with van der Waals surface area (Å²) in [5.74, 6) is 0. The van der Waals surface area contributed by atoms with Crippen LogP contribution in [0.1, 0.15) is 19.3 Å². The van der Waals surface area contributed by atoms with Crippen molar-refractivity contribution in [2.24, 2.45) is 0 Å². The van der Waals surface area contributed by atoms with Crippen molar-refractivity contribution in [1.82, 2.24) is 4.72 Å². The van der Waals surface area contributed by atoms with Gasteiger partial charge in [-0.3, -0.25) is 4.18 Å². The average Bonchev–Trinajstić information content (AvgIpc) is 2.47. The van der Waals surface area contributed by atoms with E-state index in [9.17, 15) is 8.42 Å². The summed E-state index contributed by atoms with van der Waals surface area (Å²) in [4.78, 5) is 0. The van der Waals surface area contributed by atoms with Crippen LogP contribution < -0.4 is 4.72 Å². The highest BCUT2D eigenvalue weighted by molar-refractivity contribution is 7.85. The van der Waals surface area contributed by atoms with E-state index in [0.717, 1.165) is 25.3 Å². The molecule has 7 heteroatoms. The van der Waals surface area contributed by atoms with Crippen LogP contribution in [0.2, 0.25) is 51.4 Å². The van der Waals surface area contributed by atoms with Gasteiger partial charge in [-0.15, -0.1) is 0 Å². The summed E-state index contributed by atoms with van der Waals surface area (Å²) in [6.07, 6.45) is 2.67.